The zero-order chi connectivity index (χ0) is 14.9. The highest BCUT2D eigenvalue weighted by Crippen LogP contribution is 2.26. The Morgan fingerprint density at radius 1 is 1.35 bits per heavy atom. The molecule has 0 aromatic heterocycles. The van der Waals surface area contributed by atoms with Crippen LogP contribution in [0.4, 0.5) is 5.69 Å². The highest BCUT2D eigenvalue weighted by atomic mass is 35.5. The molecule has 1 heterocycles. The van der Waals surface area contributed by atoms with E-state index >= 15 is 0 Å². The Morgan fingerprint density at radius 3 is 2.70 bits per heavy atom. The number of hydrogen-bond acceptors (Lipinski definition) is 3. The zero-order valence-electron chi connectivity index (χ0n) is 11.3. The van der Waals surface area contributed by atoms with Crippen LogP contribution in [0.25, 0.3) is 0 Å². The quantitative estimate of drug-likeness (QED) is 0.813. The number of halogens is 1. The largest absolute Gasteiger partial charge is 0.398 e. The van der Waals surface area contributed by atoms with Crippen LogP contribution in [0.3, 0.4) is 0 Å². The summed E-state index contributed by atoms with van der Waals surface area (Å²) in [6.07, 6.45) is 1.46. The topological polar surface area (TPSA) is 89.4 Å². The lowest BCUT2D eigenvalue weighted by molar-refractivity contribution is -0.123. The maximum Gasteiger partial charge on any atom is 0.256 e. The van der Waals surface area contributed by atoms with Crippen LogP contribution in [0.5, 0.6) is 0 Å². The Balaban J connectivity index is 2.26. The first-order valence-corrected chi connectivity index (χ1v) is 6.93. The van der Waals surface area contributed by atoms with Crippen LogP contribution >= 0.6 is 11.6 Å². The number of primary amides is 1. The molecule has 2 rings (SSSR count). The number of carbonyl (C=O) groups excluding carboxylic acids is 2. The number of nitrogen functional groups attached to an aromatic ring is 1. The summed E-state index contributed by atoms with van der Waals surface area (Å²) in [6, 6.07) is 4.85. The average molecular weight is 296 g/mol. The minimum Gasteiger partial charge on any atom is -0.398 e. The minimum atomic E-state index is -0.367. The van der Waals surface area contributed by atoms with E-state index in [0.29, 0.717) is 29.2 Å². The molecule has 0 bridgehead atoms. The molecule has 1 fully saturated rings. The second-order valence-corrected chi connectivity index (χ2v) is 5.65. The van der Waals surface area contributed by atoms with E-state index in [0.717, 1.165) is 6.42 Å². The number of amides is 2. The second-order valence-electron chi connectivity index (χ2n) is 5.21. The number of carbonyl (C=O) groups is 2. The second kappa shape index (κ2) is 5.71. The van der Waals surface area contributed by atoms with Gasteiger partial charge < -0.3 is 16.4 Å². The summed E-state index contributed by atoms with van der Waals surface area (Å²) < 4.78 is 0. The summed E-state index contributed by atoms with van der Waals surface area (Å²) >= 11 is 5.91. The van der Waals surface area contributed by atoms with Gasteiger partial charge in [-0.25, -0.2) is 0 Å². The molecule has 0 radical (unpaired) electrons. The molecule has 2 amide bonds. The molecule has 1 aliphatic rings. The van der Waals surface area contributed by atoms with Gasteiger partial charge in [0.05, 0.1) is 11.5 Å². The van der Waals surface area contributed by atoms with E-state index in [1.807, 2.05) is 6.92 Å². The van der Waals surface area contributed by atoms with Gasteiger partial charge in [0.25, 0.3) is 5.91 Å². The summed E-state index contributed by atoms with van der Waals surface area (Å²) in [4.78, 5) is 25.6. The molecule has 0 aliphatic carbocycles. The molecule has 1 aromatic carbocycles. The summed E-state index contributed by atoms with van der Waals surface area (Å²) in [5.74, 6) is -0.868. The fourth-order valence-corrected chi connectivity index (χ4v) is 2.66. The molecule has 2 atom stereocenters. The molecule has 1 aliphatic heterocycles. The van der Waals surface area contributed by atoms with Gasteiger partial charge in [0.2, 0.25) is 5.91 Å². The molecule has 5 nitrogen and oxygen atoms in total. The van der Waals surface area contributed by atoms with Gasteiger partial charge in [-0.05, 0) is 38.0 Å². The maximum atomic E-state index is 12.6. The van der Waals surface area contributed by atoms with Gasteiger partial charge in [-0.1, -0.05) is 11.6 Å². The van der Waals surface area contributed by atoms with Crippen LogP contribution < -0.4 is 11.5 Å². The first-order valence-electron chi connectivity index (χ1n) is 6.55. The third kappa shape index (κ3) is 2.88. The molecule has 20 heavy (non-hydrogen) atoms. The Morgan fingerprint density at radius 2 is 2.05 bits per heavy atom. The number of likely N-dealkylation sites (tertiary alicyclic amines) is 1. The Labute approximate surface area is 122 Å². The first-order chi connectivity index (χ1) is 9.40. The van der Waals surface area contributed by atoms with Gasteiger partial charge >= 0.3 is 0 Å². The average Bonchev–Trinajstić information content (AvgIpc) is 2.41. The number of benzene rings is 1. The molecule has 1 aromatic rings. The van der Waals surface area contributed by atoms with E-state index in [4.69, 9.17) is 23.1 Å². The number of nitrogens with two attached hydrogens (primary N) is 2. The Bertz CT molecular complexity index is 547. The molecule has 4 N–H and O–H groups in total. The van der Waals surface area contributed by atoms with Crippen molar-refractivity contribution in [1.29, 1.82) is 0 Å². The lowest BCUT2D eigenvalue weighted by atomic mass is 9.92. The molecule has 108 valence electrons. The number of rotatable bonds is 2. The Kier molecular flexibility index (Phi) is 4.18. The number of hydrogen-bond donors (Lipinski definition) is 2. The normalized spacial score (nSPS) is 22.6. The van der Waals surface area contributed by atoms with Crippen molar-refractivity contribution in [3.8, 4) is 0 Å². The number of anilines is 1. The van der Waals surface area contributed by atoms with E-state index < -0.39 is 0 Å². The fraction of sp³-hybridized carbons (Fsp3) is 0.429. The first kappa shape index (κ1) is 14.7. The summed E-state index contributed by atoms with van der Waals surface area (Å²) in [7, 11) is 0. The molecule has 0 saturated carbocycles. The lowest BCUT2D eigenvalue weighted by Gasteiger charge is -2.37. The molecule has 0 spiro atoms. The van der Waals surface area contributed by atoms with Crippen molar-refractivity contribution in [2.24, 2.45) is 11.7 Å². The van der Waals surface area contributed by atoms with E-state index in [2.05, 4.69) is 0 Å². The van der Waals surface area contributed by atoms with E-state index in [-0.39, 0.29) is 23.8 Å². The predicted octanol–water partition coefficient (Wildman–Crippen LogP) is 1.65. The van der Waals surface area contributed by atoms with E-state index in [1.54, 1.807) is 23.1 Å². The number of piperidine rings is 1. The van der Waals surface area contributed by atoms with Crippen LogP contribution in [0.2, 0.25) is 5.02 Å². The van der Waals surface area contributed by atoms with Gasteiger partial charge in [-0.3, -0.25) is 9.59 Å². The van der Waals surface area contributed by atoms with E-state index in [9.17, 15) is 9.59 Å². The molecule has 6 heteroatoms. The van der Waals surface area contributed by atoms with Crippen LogP contribution in [-0.4, -0.2) is 29.3 Å². The van der Waals surface area contributed by atoms with Gasteiger partial charge in [-0.2, -0.15) is 0 Å². The monoisotopic (exact) mass is 295 g/mol. The van der Waals surface area contributed by atoms with Crippen molar-refractivity contribution in [3.05, 3.63) is 28.8 Å². The fourth-order valence-electron chi connectivity index (χ4n) is 2.49. The zero-order valence-corrected chi connectivity index (χ0v) is 12.1. The SMILES string of the molecule is CC1CCC(C(N)=O)CN1C(=O)c1cc(Cl)ccc1N. The van der Waals surface area contributed by atoms with E-state index in [1.165, 1.54) is 0 Å². The van der Waals surface area contributed by atoms with Gasteiger partial charge in [0, 0.05) is 23.3 Å². The highest BCUT2D eigenvalue weighted by Gasteiger charge is 2.32. The van der Waals surface area contributed by atoms with Gasteiger partial charge in [-0.15, -0.1) is 0 Å². The van der Waals surface area contributed by atoms with Crippen molar-refractivity contribution in [2.45, 2.75) is 25.8 Å². The Hall–Kier alpha value is -1.75. The molecular weight excluding hydrogens is 278 g/mol. The van der Waals surface area contributed by atoms with Crippen molar-refractivity contribution in [1.82, 2.24) is 4.90 Å². The lowest BCUT2D eigenvalue weighted by Crippen LogP contribution is -2.48. The number of nitrogens with zero attached hydrogens (tertiary/aromatic N) is 1. The van der Waals surface area contributed by atoms with Gasteiger partial charge in [0.15, 0.2) is 0 Å². The smallest absolute Gasteiger partial charge is 0.256 e. The molecular formula is C14H18ClN3O2. The summed E-state index contributed by atoms with van der Waals surface area (Å²) in [6.45, 7) is 2.29. The van der Waals surface area contributed by atoms with Crippen molar-refractivity contribution < 1.29 is 9.59 Å². The van der Waals surface area contributed by atoms with Crippen LogP contribution in [0.15, 0.2) is 18.2 Å². The summed E-state index contributed by atoms with van der Waals surface area (Å²) in [5, 5.41) is 0.457. The van der Waals surface area contributed by atoms with Crippen molar-refractivity contribution in [2.75, 3.05) is 12.3 Å². The van der Waals surface area contributed by atoms with Crippen LogP contribution in [0, 0.1) is 5.92 Å². The van der Waals surface area contributed by atoms with Crippen molar-refractivity contribution >= 4 is 29.1 Å². The summed E-state index contributed by atoms with van der Waals surface area (Å²) in [5.41, 5.74) is 11.9. The third-order valence-electron chi connectivity index (χ3n) is 3.79. The van der Waals surface area contributed by atoms with Crippen molar-refractivity contribution in [3.63, 3.8) is 0 Å². The minimum absolute atomic E-state index is 0.0523. The van der Waals surface area contributed by atoms with Crippen LogP contribution in [-0.2, 0) is 4.79 Å². The van der Waals surface area contributed by atoms with Crippen LogP contribution in [0.1, 0.15) is 30.1 Å². The van der Waals surface area contributed by atoms with Gasteiger partial charge in [0.1, 0.15) is 0 Å². The predicted molar refractivity (Wildman–Crippen MR) is 78.3 cm³/mol. The highest BCUT2D eigenvalue weighted by molar-refractivity contribution is 6.31. The molecule has 2 unspecified atom stereocenters. The molecule has 1 saturated heterocycles. The standard InChI is InChI=1S/C14H18ClN3O2/c1-8-2-3-9(13(17)19)7-18(8)14(20)11-6-10(15)4-5-12(11)16/h4-6,8-9H,2-3,7,16H2,1H3,(H2,17,19). The third-order valence-corrected chi connectivity index (χ3v) is 4.03. The maximum absolute atomic E-state index is 12.6.